The molecule has 0 saturated heterocycles. The van der Waals surface area contributed by atoms with Crippen LogP contribution in [0.3, 0.4) is 0 Å². The maximum Gasteiger partial charge on any atom is 0.419 e. The second kappa shape index (κ2) is 12.8. The molecule has 0 spiro atoms. The summed E-state index contributed by atoms with van der Waals surface area (Å²) in [6, 6.07) is 2.70. The Morgan fingerprint density at radius 2 is 1.46 bits per heavy atom. The molecule has 0 N–H and O–H groups in total. The molecule has 0 saturated carbocycles. The number of esters is 1. The summed E-state index contributed by atoms with van der Waals surface area (Å²) < 4.78 is 58.2. The third-order valence-corrected chi connectivity index (χ3v) is 4.81. The fourth-order valence-corrected chi connectivity index (χ4v) is 3.16. The normalized spacial score (nSPS) is 12.8. The van der Waals surface area contributed by atoms with Crippen LogP contribution in [0.4, 0.5) is 17.6 Å². The number of benzene rings is 1. The number of rotatable bonds is 13. The molecule has 0 aliphatic rings. The quantitative estimate of drug-likeness (QED) is 0.191. The predicted octanol–water partition coefficient (Wildman–Crippen LogP) is 7.70. The van der Waals surface area contributed by atoms with E-state index in [-0.39, 0.29) is 6.10 Å². The van der Waals surface area contributed by atoms with Crippen LogP contribution >= 0.6 is 0 Å². The zero-order chi connectivity index (χ0) is 21.0. The predicted molar refractivity (Wildman–Crippen MR) is 103 cm³/mol. The third-order valence-electron chi connectivity index (χ3n) is 4.81. The first-order valence-electron chi connectivity index (χ1n) is 10.4. The van der Waals surface area contributed by atoms with Crippen molar-refractivity contribution in [1.29, 1.82) is 0 Å². The Balaban J connectivity index is 2.71. The Bertz CT molecular complexity index is 584. The van der Waals surface area contributed by atoms with Crippen LogP contribution in [-0.2, 0) is 10.9 Å². The summed E-state index contributed by atoms with van der Waals surface area (Å²) >= 11 is 0. The summed E-state index contributed by atoms with van der Waals surface area (Å²) in [5.74, 6) is -2.58. The number of alkyl halides is 3. The second-order valence-electron chi connectivity index (χ2n) is 7.24. The minimum atomic E-state index is -4.85. The molecule has 1 atom stereocenters. The topological polar surface area (TPSA) is 26.3 Å². The van der Waals surface area contributed by atoms with Crippen molar-refractivity contribution in [1.82, 2.24) is 0 Å². The maximum atomic E-state index is 14.2. The van der Waals surface area contributed by atoms with Crippen molar-refractivity contribution in [3.8, 4) is 0 Å². The van der Waals surface area contributed by atoms with Gasteiger partial charge in [0.15, 0.2) is 0 Å². The van der Waals surface area contributed by atoms with Gasteiger partial charge in [-0.25, -0.2) is 9.18 Å². The highest BCUT2D eigenvalue weighted by atomic mass is 19.4. The molecule has 2 nitrogen and oxygen atoms in total. The monoisotopic (exact) mass is 404 g/mol. The van der Waals surface area contributed by atoms with Crippen molar-refractivity contribution in [2.75, 3.05) is 0 Å². The van der Waals surface area contributed by atoms with E-state index in [9.17, 15) is 22.4 Å². The van der Waals surface area contributed by atoms with E-state index in [2.05, 4.69) is 13.8 Å². The molecule has 1 rings (SSSR count). The number of hydrogen-bond donors (Lipinski definition) is 0. The van der Waals surface area contributed by atoms with Gasteiger partial charge in [-0.3, -0.25) is 0 Å². The van der Waals surface area contributed by atoms with Crippen LogP contribution in [0.2, 0.25) is 0 Å². The molecule has 0 aromatic heterocycles. The number of carbonyl (C=O) groups is 1. The van der Waals surface area contributed by atoms with E-state index < -0.39 is 29.1 Å². The molecular weight excluding hydrogens is 372 g/mol. The van der Waals surface area contributed by atoms with Gasteiger partial charge in [0.2, 0.25) is 0 Å². The summed E-state index contributed by atoms with van der Waals surface area (Å²) in [6.45, 7) is 4.21. The van der Waals surface area contributed by atoms with E-state index in [0.717, 1.165) is 50.7 Å². The van der Waals surface area contributed by atoms with Crippen molar-refractivity contribution in [2.24, 2.45) is 0 Å². The highest BCUT2D eigenvalue weighted by Gasteiger charge is 2.36. The van der Waals surface area contributed by atoms with Crippen LogP contribution in [0.1, 0.15) is 100 Å². The number of halogens is 4. The molecule has 160 valence electrons. The molecule has 0 aliphatic carbocycles. The first-order chi connectivity index (χ1) is 13.3. The van der Waals surface area contributed by atoms with Crippen LogP contribution in [-0.4, -0.2) is 12.1 Å². The summed E-state index contributed by atoms with van der Waals surface area (Å²) in [5.41, 5.74) is -2.10. The van der Waals surface area contributed by atoms with Gasteiger partial charge in [-0.2, -0.15) is 13.2 Å². The van der Waals surface area contributed by atoms with Crippen LogP contribution < -0.4 is 0 Å². The summed E-state index contributed by atoms with van der Waals surface area (Å²) in [7, 11) is 0. The highest BCUT2D eigenvalue weighted by Crippen LogP contribution is 2.32. The highest BCUT2D eigenvalue weighted by molar-refractivity contribution is 5.90. The largest absolute Gasteiger partial charge is 0.459 e. The summed E-state index contributed by atoms with van der Waals surface area (Å²) in [5, 5.41) is 0. The van der Waals surface area contributed by atoms with Crippen LogP contribution in [0.15, 0.2) is 18.2 Å². The van der Waals surface area contributed by atoms with Gasteiger partial charge in [-0.1, -0.05) is 64.9 Å². The second-order valence-corrected chi connectivity index (χ2v) is 7.24. The zero-order valence-electron chi connectivity index (χ0n) is 16.9. The maximum absolute atomic E-state index is 14.2. The van der Waals surface area contributed by atoms with Crippen molar-refractivity contribution >= 4 is 5.97 Å². The van der Waals surface area contributed by atoms with Crippen molar-refractivity contribution in [2.45, 2.75) is 96.8 Å². The van der Waals surface area contributed by atoms with Crippen molar-refractivity contribution in [3.63, 3.8) is 0 Å². The molecule has 0 radical (unpaired) electrons. The molecule has 1 aromatic carbocycles. The molecule has 0 aliphatic heterocycles. The van der Waals surface area contributed by atoms with Gasteiger partial charge in [0, 0.05) is 0 Å². The standard InChI is InChI=1S/C22H32F4O2/c1-3-5-7-8-9-11-14-17(13-10-6-4-2)28-21(27)18-15-12-16-19(20(18)23)22(24,25)26/h12,15-17H,3-11,13-14H2,1-2H3. The average Bonchev–Trinajstić information content (AvgIpc) is 2.63. The SMILES string of the molecule is CCCCCCCCC(CCCCC)OC(=O)c1cccc(C(F)(F)F)c1F. The first-order valence-corrected chi connectivity index (χ1v) is 10.4. The van der Waals surface area contributed by atoms with Crippen LogP contribution in [0, 0.1) is 5.82 Å². The Morgan fingerprint density at radius 3 is 2.07 bits per heavy atom. The molecule has 28 heavy (non-hydrogen) atoms. The molecule has 0 heterocycles. The van der Waals surface area contributed by atoms with Crippen molar-refractivity contribution < 1.29 is 27.1 Å². The average molecular weight is 404 g/mol. The van der Waals surface area contributed by atoms with Gasteiger partial charge in [-0.05, 0) is 37.8 Å². The van der Waals surface area contributed by atoms with Gasteiger partial charge in [0.25, 0.3) is 0 Å². The lowest BCUT2D eigenvalue weighted by Gasteiger charge is -2.19. The number of carbonyl (C=O) groups excluding carboxylic acids is 1. The Hall–Kier alpha value is -1.59. The zero-order valence-corrected chi connectivity index (χ0v) is 16.9. The fourth-order valence-electron chi connectivity index (χ4n) is 3.16. The van der Waals surface area contributed by atoms with Crippen LogP contribution in [0.25, 0.3) is 0 Å². The lowest BCUT2D eigenvalue weighted by Crippen LogP contribution is -2.21. The third kappa shape index (κ3) is 8.61. The van der Waals surface area contributed by atoms with Gasteiger partial charge in [0.1, 0.15) is 11.9 Å². The van der Waals surface area contributed by atoms with Gasteiger partial charge >= 0.3 is 12.1 Å². The van der Waals surface area contributed by atoms with E-state index in [4.69, 9.17) is 4.74 Å². The molecule has 1 aromatic rings. The van der Waals surface area contributed by atoms with E-state index in [1.807, 2.05) is 0 Å². The lowest BCUT2D eigenvalue weighted by atomic mass is 10.0. The molecule has 6 heteroatoms. The molecule has 0 fully saturated rings. The number of ether oxygens (including phenoxy) is 1. The Labute approximate surface area is 165 Å². The summed E-state index contributed by atoms with van der Waals surface area (Å²) in [6.07, 6.45) is 5.51. The first kappa shape index (κ1) is 24.4. The Morgan fingerprint density at radius 1 is 0.929 bits per heavy atom. The molecule has 0 bridgehead atoms. The number of unbranched alkanes of at least 4 members (excludes halogenated alkanes) is 7. The van der Waals surface area contributed by atoms with E-state index in [1.54, 1.807) is 0 Å². The molecule has 1 unspecified atom stereocenters. The van der Waals surface area contributed by atoms with Gasteiger partial charge in [-0.15, -0.1) is 0 Å². The van der Waals surface area contributed by atoms with E-state index >= 15 is 0 Å². The smallest absolute Gasteiger partial charge is 0.419 e. The van der Waals surface area contributed by atoms with Crippen molar-refractivity contribution in [3.05, 3.63) is 35.1 Å². The molecule has 0 amide bonds. The lowest BCUT2D eigenvalue weighted by molar-refractivity contribution is -0.140. The van der Waals surface area contributed by atoms with Crippen LogP contribution in [0.5, 0.6) is 0 Å². The van der Waals surface area contributed by atoms with Gasteiger partial charge in [0.05, 0.1) is 11.1 Å². The minimum absolute atomic E-state index is 0.390. The molecular formula is C22H32F4O2. The number of hydrogen-bond acceptors (Lipinski definition) is 2. The van der Waals surface area contributed by atoms with E-state index in [1.165, 1.54) is 19.3 Å². The fraction of sp³-hybridized carbons (Fsp3) is 0.682. The van der Waals surface area contributed by atoms with Gasteiger partial charge < -0.3 is 4.74 Å². The summed E-state index contributed by atoms with van der Waals surface area (Å²) in [4.78, 5) is 12.3. The minimum Gasteiger partial charge on any atom is -0.459 e. The van der Waals surface area contributed by atoms with E-state index in [0.29, 0.717) is 18.9 Å². The Kier molecular flexibility index (Phi) is 11.2.